The van der Waals surface area contributed by atoms with E-state index >= 15 is 0 Å². The zero-order valence-corrected chi connectivity index (χ0v) is 38.8. The molecule has 57 heavy (non-hydrogen) atoms. The second-order valence-corrected chi connectivity index (χ2v) is 17.9. The monoisotopic (exact) mass is 807 g/mol. The lowest BCUT2D eigenvalue weighted by Gasteiger charge is -2.18. The summed E-state index contributed by atoms with van der Waals surface area (Å²) >= 11 is 0. The molecule has 0 aliphatic heterocycles. The van der Waals surface area contributed by atoms with Gasteiger partial charge in [-0.15, -0.1) is 0 Å². The largest absolute Gasteiger partial charge is 0.462 e. The van der Waals surface area contributed by atoms with E-state index in [1.54, 1.807) is 0 Å². The Labute approximate surface area is 355 Å². The summed E-state index contributed by atoms with van der Waals surface area (Å²) < 4.78 is 16.8. The average Bonchev–Trinajstić information content (AvgIpc) is 3.19. The third-order valence-corrected chi connectivity index (χ3v) is 11.5. The molecule has 0 aliphatic carbocycles. The van der Waals surface area contributed by atoms with Gasteiger partial charge in [0.2, 0.25) is 0 Å². The molecule has 0 fully saturated rings. The molecule has 338 valence electrons. The summed E-state index contributed by atoms with van der Waals surface area (Å²) in [5.74, 6) is -0.0279. The van der Waals surface area contributed by atoms with Gasteiger partial charge in [0.15, 0.2) is 6.10 Å². The average molecular weight is 807 g/mol. The lowest BCUT2D eigenvalue weighted by Crippen LogP contribution is -2.30. The van der Waals surface area contributed by atoms with Crippen LogP contribution in [0.3, 0.4) is 0 Å². The summed E-state index contributed by atoms with van der Waals surface area (Å²) in [6, 6.07) is 0. The first-order valence-electron chi connectivity index (χ1n) is 25.4. The third-order valence-electron chi connectivity index (χ3n) is 11.5. The van der Waals surface area contributed by atoms with Crippen LogP contribution in [0, 0.1) is 5.92 Å². The van der Waals surface area contributed by atoms with Crippen LogP contribution in [0.25, 0.3) is 0 Å². The van der Waals surface area contributed by atoms with Crippen LogP contribution >= 0.6 is 0 Å². The van der Waals surface area contributed by atoms with Gasteiger partial charge in [0, 0.05) is 19.3 Å². The van der Waals surface area contributed by atoms with Gasteiger partial charge >= 0.3 is 17.9 Å². The zero-order valence-electron chi connectivity index (χ0n) is 38.8. The van der Waals surface area contributed by atoms with Crippen molar-refractivity contribution in [3.8, 4) is 0 Å². The molecule has 0 aliphatic rings. The summed E-state index contributed by atoms with van der Waals surface area (Å²) in [7, 11) is 0. The van der Waals surface area contributed by atoms with Crippen LogP contribution in [-0.4, -0.2) is 37.2 Å². The lowest BCUT2D eigenvalue weighted by atomic mass is 10.0. The number of carbonyl (C=O) groups is 3. The second-order valence-electron chi connectivity index (χ2n) is 17.9. The molecule has 0 spiro atoms. The van der Waals surface area contributed by atoms with E-state index in [4.69, 9.17) is 14.2 Å². The predicted octanol–water partition coefficient (Wildman–Crippen LogP) is 16.3. The van der Waals surface area contributed by atoms with Gasteiger partial charge in [-0.3, -0.25) is 14.4 Å². The van der Waals surface area contributed by atoms with E-state index in [9.17, 15) is 14.4 Å². The fourth-order valence-corrected chi connectivity index (χ4v) is 7.69. The molecule has 0 amide bonds. The van der Waals surface area contributed by atoms with E-state index in [2.05, 4.69) is 27.7 Å². The number of ether oxygens (including phenoxy) is 3. The maximum absolute atomic E-state index is 12.8. The molecule has 0 rings (SSSR count). The minimum Gasteiger partial charge on any atom is -0.462 e. The van der Waals surface area contributed by atoms with Crippen molar-refractivity contribution in [1.29, 1.82) is 0 Å². The Hall–Kier alpha value is -1.59. The minimum atomic E-state index is -0.760. The molecule has 0 aromatic heterocycles. The fourth-order valence-electron chi connectivity index (χ4n) is 7.69. The van der Waals surface area contributed by atoms with Crippen LogP contribution in [0.5, 0.6) is 0 Å². The molecule has 0 aromatic carbocycles. The zero-order chi connectivity index (χ0) is 41.7. The van der Waals surface area contributed by atoms with Crippen LogP contribution in [0.2, 0.25) is 0 Å². The van der Waals surface area contributed by atoms with Crippen LogP contribution in [0.15, 0.2) is 0 Å². The first kappa shape index (κ1) is 55.4. The minimum absolute atomic E-state index is 0.0630. The van der Waals surface area contributed by atoms with E-state index < -0.39 is 6.10 Å². The summed E-state index contributed by atoms with van der Waals surface area (Å²) in [5, 5.41) is 0. The number of hydrogen-bond donors (Lipinski definition) is 0. The van der Waals surface area contributed by atoms with Crippen molar-refractivity contribution in [3.63, 3.8) is 0 Å². The summed E-state index contributed by atoms with van der Waals surface area (Å²) in [5.41, 5.74) is 0. The maximum Gasteiger partial charge on any atom is 0.306 e. The first-order valence-corrected chi connectivity index (χ1v) is 25.4. The fraction of sp³-hybridized carbons (Fsp3) is 0.941. The first-order chi connectivity index (χ1) is 27.9. The molecule has 1 atom stereocenters. The van der Waals surface area contributed by atoms with Gasteiger partial charge < -0.3 is 14.2 Å². The quantitative estimate of drug-likeness (QED) is 0.0346. The van der Waals surface area contributed by atoms with Crippen LogP contribution in [0.4, 0.5) is 0 Å². The van der Waals surface area contributed by atoms with Crippen molar-refractivity contribution in [2.75, 3.05) is 13.2 Å². The second kappa shape index (κ2) is 45.5. The van der Waals surface area contributed by atoms with Gasteiger partial charge in [0.25, 0.3) is 0 Å². The van der Waals surface area contributed by atoms with Crippen molar-refractivity contribution in [3.05, 3.63) is 0 Å². The molecular formula is C51H98O6. The molecule has 6 heteroatoms. The van der Waals surface area contributed by atoms with Gasteiger partial charge in [0.1, 0.15) is 13.2 Å². The van der Waals surface area contributed by atoms with Crippen LogP contribution in [0.1, 0.15) is 285 Å². The number of esters is 3. The highest BCUT2D eigenvalue weighted by molar-refractivity contribution is 5.71. The highest BCUT2D eigenvalue weighted by Crippen LogP contribution is 2.17. The van der Waals surface area contributed by atoms with Crippen LogP contribution in [-0.2, 0) is 28.6 Å². The highest BCUT2D eigenvalue weighted by Gasteiger charge is 2.19. The van der Waals surface area contributed by atoms with Crippen molar-refractivity contribution >= 4 is 17.9 Å². The molecule has 0 saturated heterocycles. The molecule has 0 saturated carbocycles. The van der Waals surface area contributed by atoms with Gasteiger partial charge in [0.05, 0.1) is 0 Å². The van der Waals surface area contributed by atoms with Gasteiger partial charge in [-0.1, -0.05) is 246 Å². The van der Waals surface area contributed by atoms with E-state index in [0.717, 1.165) is 63.7 Å². The molecular weight excluding hydrogens is 709 g/mol. The Morgan fingerprint density at radius 2 is 0.579 bits per heavy atom. The molecule has 0 bridgehead atoms. The molecule has 0 aromatic rings. The number of hydrogen-bond acceptors (Lipinski definition) is 6. The topological polar surface area (TPSA) is 78.9 Å². The van der Waals surface area contributed by atoms with Crippen LogP contribution < -0.4 is 0 Å². The predicted molar refractivity (Wildman–Crippen MR) is 243 cm³/mol. The summed E-state index contributed by atoms with van der Waals surface area (Å²) in [6.07, 6.45) is 46.5. The Morgan fingerprint density at radius 1 is 0.333 bits per heavy atom. The van der Waals surface area contributed by atoms with Crippen molar-refractivity contribution in [2.45, 2.75) is 291 Å². The standard InChI is InChI=1S/C51H98O6/c1-5-7-9-11-13-15-17-18-19-20-22-28-32-36-40-44-51(54)57-48(45-55-49(52)42-38-34-30-26-21-16-14-12-10-8-6-2)46-56-50(53)43-39-35-31-27-24-23-25-29-33-37-41-47(3)4/h47-48H,5-46H2,1-4H3/t48-/m1/s1. The van der Waals surface area contributed by atoms with E-state index in [-0.39, 0.29) is 31.1 Å². The summed E-state index contributed by atoms with van der Waals surface area (Å²) in [6.45, 7) is 9.01. The molecule has 0 unspecified atom stereocenters. The smallest absolute Gasteiger partial charge is 0.306 e. The Morgan fingerprint density at radius 3 is 0.860 bits per heavy atom. The van der Waals surface area contributed by atoms with Crippen molar-refractivity contribution in [2.24, 2.45) is 5.92 Å². The molecule has 6 nitrogen and oxygen atoms in total. The normalized spacial score (nSPS) is 11.9. The third kappa shape index (κ3) is 45.3. The summed E-state index contributed by atoms with van der Waals surface area (Å²) in [4.78, 5) is 37.9. The molecule has 0 heterocycles. The Bertz CT molecular complexity index is 857. The van der Waals surface area contributed by atoms with Crippen molar-refractivity contribution < 1.29 is 28.6 Å². The van der Waals surface area contributed by atoms with E-state index in [0.29, 0.717) is 19.3 Å². The van der Waals surface area contributed by atoms with Gasteiger partial charge in [-0.2, -0.15) is 0 Å². The number of carbonyl (C=O) groups excluding carboxylic acids is 3. The van der Waals surface area contributed by atoms with E-state index in [1.807, 2.05) is 0 Å². The molecule has 0 N–H and O–H groups in total. The number of rotatable bonds is 46. The van der Waals surface area contributed by atoms with Crippen molar-refractivity contribution in [1.82, 2.24) is 0 Å². The Kier molecular flexibility index (Phi) is 44.2. The SMILES string of the molecule is CCCCCCCCCCCCCCCCCC(=O)O[C@H](COC(=O)CCCCCCCCCCCCC)COC(=O)CCCCCCCCCCCCC(C)C. The highest BCUT2D eigenvalue weighted by atomic mass is 16.6. The van der Waals surface area contributed by atoms with Gasteiger partial charge in [-0.25, -0.2) is 0 Å². The Balaban J connectivity index is 4.31. The molecule has 0 radical (unpaired) electrons. The number of unbranched alkanes of at least 4 members (excludes halogenated alkanes) is 33. The maximum atomic E-state index is 12.8. The van der Waals surface area contributed by atoms with E-state index in [1.165, 1.54) is 180 Å². The lowest BCUT2D eigenvalue weighted by molar-refractivity contribution is -0.167. The van der Waals surface area contributed by atoms with Gasteiger partial charge in [-0.05, 0) is 25.2 Å².